The first kappa shape index (κ1) is 12.4. The third-order valence-corrected chi connectivity index (χ3v) is 2.45. The SMILES string of the molecule is CCC(C)(CO)NC(=O)c1c[nH]c(=O)cn1. The highest BCUT2D eigenvalue weighted by molar-refractivity contribution is 5.92. The van der Waals surface area contributed by atoms with Gasteiger partial charge in [-0.3, -0.25) is 9.59 Å². The van der Waals surface area contributed by atoms with Crippen LogP contribution in [0.4, 0.5) is 0 Å². The van der Waals surface area contributed by atoms with E-state index in [9.17, 15) is 9.59 Å². The average molecular weight is 225 g/mol. The van der Waals surface area contributed by atoms with Crippen LogP contribution in [0.25, 0.3) is 0 Å². The molecule has 0 aliphatic carbocycles. The second kappa shape index (κ2) is 4.89. The summed E-state index contributed by atoms with van der Waals surface area (Å²) in [5, 5.41) is 11.8. The van der Waals surface area contributed by atoms with Crippen molar-refractivity contribution in [3.8, 4) is 0 Å². The van der Waals surface area contributed by atoms with E-state index in [1.54, 1.807) is 6.92 Å². The molecule has 1 rings (SSSR count). The lowest BCUT2D eigenvalue weighted by molar-refractivity contribution is 0.0842. The van der Waals surface area contributed by atoms with E-state index in [2.05, 4.69) is 15.3 Å². The molecule has 0 aliphatic rings. The number of H-pyrrole nitrogens is 1. The van der Waals surface area contributed by atoms with Crippen LogP contribution in [0.3, 0.4) is 0 Å². The number of carbonyl (C=O) groups excluding carboxylic acids is 1. The first-order valence-corrected chi connectivity index (χ1v) is 4.99. The Kier molecular flexibility index (Phi) is 3.78. The zero-order chi connectivity index (χ0) is 12.2. The summed E-state index contributed by atoms with van der Waals surface area (Å²) < 4.78 is 0. The molecular formula is C10H15N3O3. The van der Waals surface area contributed by atoms with Gasteiger partial charge in [0.05, 0.1) is 18.3 Å². The Balaban J connectivity index is 2.80. The number of rotatable bonds is 4. The lowest BCUT2D eigenvalue weighted by atomic mass is 10.0. The fourth-order valence-electron chi connectivity index (χ4n) is 1.04. The van der Waals surface area contributed by atoms with Gasteiger partial charge in [0.1, 0.15) is 5.69 Å². The largest absolute Gasteiger partial charge is 0.394 e. The van der Waals surface area contributed by atoms with E-state index < -0.39 is 11.4 Å². The zero-order valence-corrected chi connectivity index (χ0v) is 9.28. The lowest BCUT2D eigenvalue weighted by Gasteiger charge is -2.26. The summed E-state index contributed by atoms with van der Waals surface area (Å²) in [5.41, 5.74) is -0.917. The Morgan fingerprint density at radius 2 is 2.38 bits per heavy atom. The number of hydrogen-bond donors (Lipinski definition) is 3. The molecule has 1 atom stereocenters. The van der Waals surface area contributed by atoms with Crippen molar-refractivity contribution in [2.75, 3.05) is 6.61 Å². The molecule has 0 bridgehead atoms. The molecular weight excluding hydrogens is 210 g/mol. The molecule has 0 saturated heterocycles. The molecule has 0 fully saturated rings. The number of hydrogen-bond acceptors (Lipinski definition) is 4. The van der Waals surface area contributed by atoms with Gasteiger partial charge >= 0.3 is 0 Å². The molecule has 6 heteroatoms. The number of amides is 1. The van der Waals surface area contributed by atoms with E-state index in [-0.39, 0.29) is 17.9 Å². The summed E-state index contributed by atoms with van der Waals surface area (Å²) in [6, 6.07) is 0. The van der Waals surface area contributed by atoms with E-state index in [1.807, 2.05) is 6.92 Å². The molecule has 0 saturated carbocycles. The van der Waals surface area contributed by atoms with Crippen molar-refractivity contribution < 1.29 is 9.90 Å². The average Bonchev–Trinajstić information content (AvgIpc) is 2.29. The van der Waals surface area contributed by atoms with Crippen molar-refractivity contribution in [3.63, 3.8) is 0 Å². The smallest absolute Gasteiger partial charge is 0.271 e. The summed E-state index contributed by atoms with van der Waals surface area (Å²) in [4.78, 5) is 28.5. The van der Waals surface area contributed by atoms with Gasteiger partial charge in [0.2, 0.25) is 0 Å². The molecule has 6 nitrogen and oxygen atoms in total. The van der Waals surface area contributed by atoms with Gasteiger partial charge in [-0.05, 0) is 13.3 Å². The minimum atomic E-state index is -0.672. The first-order valence-electron chi connectivity index (χ1n) is 4.99. The molecule has 1 unspecified atom stereocenters. The van der Waals surface area contributed by atoms with Crippen LogP contribution in [0.15, 0.2) is 17.2 Å². The van der Waals surface area contributed by atoms with Crippen LogP contribution in [0.1, 0.15) is 30.8 Å². The number of carbonyl (C=O) groups is 1. The van der Waals surface area contributed by atoms with Gasteiger partial charge in [0.15, 0.2) is 0 Å². The van der Waals surface area contributed by atoms with Crippen molar-refractivity contribution in [1.82, 2.24) is 15.3 Å². The van der Waals surface area contributed by atoms with Crippen LogP contribution in [0.2, 0.25) is 0 Å². The quantitative estimate of drug-likeness (QED) is 0.653. The highest BCUT2D eigenvalue weighted by atomic mass is 16.3. The Hall–Kier alpha value is -1.69. The third kappa shape index (κ3) is 2.90. The second-order valence-corrected chi connectivity index (χ2v) is 3.82. The molecule has 0 radical (unpaired) electrons. The lowest BCUT2D eigenvalue weighted by Crippen LogP contribution is -2.48. The monoisotopic (exact) mass is 225 g/mol. The molecule has 0 spiro atoms. The van der Waals surface area contributed by atoms with E-state index in [1.165, 1.54) is 6.20 Å². The highest BCUT2D eigenvalue weighted by Gasteiger charge is 2.24. The van der Waals surface area contributed by atoms with Gasteiger partial charge < -0.3 is 15.4 Å². The van der Waals surface area contributed by atoms with E-state index in [0.29, 0.717) is 6.42 Å². The van der Waals surface area contributed by atoms with Crippen LogP contribution < -0.4 is 10.9 Å². The Morgan fingerprint density at radius 1 is 1.69 bits per heavy atom. The topological polar surface area (TPSA) is 95.1 Å². The summed E-state index contributed by atoms with van der Waals surface area (Å²) >= 11 is 0. The predicted molar refractivity (Wildman–Crippen MR) is 58.1 cm³/mol. The number of nitrogens with zero attached hydrogens (tertiary/aromatic N) is 1. The van der Waals surface area contributed by atoms with E-state index in [0.717, 1.165) is 6.20 Å². The van der Waals surface area contributed by atoms with Crippen LogP contribution in [-0.2, 0) is 0 Å². The van der Waals surface area contributed by atoms with Crippen molar-refractivity contribution >= 4 is 5.91 Å². The Bertz CT molecular complexity index is 403. The summed E-state index contributed by atoms with van der Waals surface area (Å²) in [6.07, 6.45) is 2.88. The summed E-state index contributed by atoms with van der Waals surface area (Å²) in [6.45, 7) is 3.44. The maximum atomic E-state index is 11.7. The fourth-order valence-corrected chi connectivity index (χ4v) is 1.04. The van der Waals surface area contributed by atoms with Gasteiger partial charge in [-0.25, -0.2) is 4.98 Å². The standard InChI is InChI=1S/C10H15N3O3/c1-3-10(2,6-14)13-9(16)7-4-12-8(15)5-11-7/h4-5,14H,3,6H2,1-2H3,(H,12,15)(H,13,16). The van der Waals surface area contributed by atoms with Crippen molar-refractivity contribution in [2.24, 2.45) is 0 Å². The predicted octanol–water partition coefficient (Wildman–Crippen LogP) is -0.339. The first-order chi connectivity index (χ1) is 7.50. The Morgan fingerprint density at radius 3 is 2.81 bits per heavy atom. The molecule has 1 heterocycles. The molecule has 0 aromatic carbocycles. The second-order valence-electron chi connectivity index (χ2n) is 3.82. The molecule has 1 aromatic heterocycles. The maximum Gasteiger partial charge on any atom is 0.271 e. The number of aromatic amines is 1. The fraction of sp³-hybridized carbons (Fsp3) is 0.500. The minimum Gasteiger partial charge on any atom is -0.394 e. The number of aliphatic hydroxyl groups excluding tert-OH is 1. The van der Waals surface area contributed by atoms with Crippen LogP contribution in [0.5, 0.6) is 0 Å². The van der Waals surface area contributed by atoms with Crippen LogP contribution >= 0.6 is 0 Å². The summed E-state index contributed by atoms with van der Waals surface area (Å²) in [7, 11) is 0. The number of aliphatic hydroxyl groups is 1. The van der Waals surface area contributed by atoms with Crippen molar-refractivity contribution in [2.45, 2.75) is 25.8 Å². The summed E-state index contributed by atoms with van der Waals surface area (Å²) in [5.74, 6) is -0.422. The van der Waals surface area contributed by atoms with Crippen LogP contribution in [-0.4, -0.2) is 33.1 Å². The van der Waals surface area contributed by atoms with E-state index in [4.69, 9.17) is 5.11 Å². The van der Waals surface area contributed by atoms with Gasteiger partial charge in [-0.15, -0.1) is 0 Å². The van der Waals surface area contributed by atoms with Crippen molar-refractivity contribution in [1.29, 1.82) is 0 Å². The number of nitrogens with one attached hydrogen (secondary N) is 2. The van der Waals surface area contributed by atoms with E-state index >= 15 is 0 Å². The Labute approximate surface area is 92.7 Å². The molecule has 1 amide bonds. The van der Waals surface area contributed by atoms with Gasteiger partial charge in [0, 0.05) is 6.20 Å². The van der Waals surface area contributed by atoms with Crippen molar-refractivity contribution in [3.05, 3.63) is 28.4 Å². The van der Waals surface area contributed by atoms with Crippen LogP contribution in [0, 0.1) is 0 Å². The molecule has 0 aliphatic heterocycles. The minimum absolute atomic E-state index is 0.118. The molecule has 16 heavy (non-hydrogen) atoms. The number of aromatic nitrogens is 2. The third-order valence-electron chi connectivity index (χ3n) is 2.45. The molecule has 1 aromatic rings. The highest BCUT2D eigenvalue weighted by Crippen LogP contribution is 2.08. The maximum absolute atomic E-state index is 11.7. The van der Waals surface area contributed by atoms with Gasteiger partial charge in [-0.2, -0.15) is 0 Å². The molecule has 88 valence electrons. The molecule has 3 N–H and O–H groups in total. The zero-order valence-electron chi connectivity index (χ0n) is 9.28. The van der Waals surface area contributed by atoms with Gasteiger partial charge in [-0.1, -0.05) is 6.92 Å². The normalized spacial score (nSPS) is 14.2. The van der Waals surface area contributed by atoms with Gasteiger partial charge in [0.25, 0.3) is 11.5 Å².